The second-order valence-corrected chi connectivity index (χ2v) is 12.5. The maximum atomic E-state index is 5.16. The van der Waals surface area contributed by atoms with E-state index in [0.29, 0.717) is 11.0 Å². The minimum atomic E-state index is 0.454. The van der Waals surface area contributed by atoms with Crippen molar-refractivity contribution in [3.05, 3.63) is 34.9 Å². The average molecular weight is 488 g/mol. The largest absolute Gasteiger partial charge is 0.366 e. The van der Waals surface area contributed by atoms with Crippen LogP contribution in [0.2, 0.25) is 0 Å². The van der Waals surface area contributed by atoms with Crippen LogP contribution in [0.1, 0.15) is 80.4 Å². The Hall–Kier alpha value is -2.41. The summed E-state index contributed by atoms with van der Waals surface area (Å²) < 4.78 is 4.32. The molecule has 3 aromatic heterocycles. The minimum Gasteiger partial charge on any atom is -0.366 e. The van der Waals surface area contributed by atoms with Crippen LogP contribution in [0.3, 0.4) is 0 Å². The van der Waals surface area contributed by atoms with Crippen LogP contribution in [0.5, 0.6) is 0 Å². The molecule has 8 rings (SSSR count). The Morgan fingerprint density at radius 1 is 1.08 bits per heavy atom. The van der Waals surface area contributed by atoms with Gasteiger partial charge in [-0.15, -0.1) is 0 Å². The zero-order valence-corrected chi connectivity index (χ0v) is 22.6. The third-order valence-corrected chi connectivity index (χ3v) is 10.7. The SMILES string of the molecule is Cc1cc(N2CCc3c(c(C)nn3CC34CCC(N(C)C5CCC5)(CC3)CC4)C2)c2cnn(C)c2n1. The molecule has 2 bridgehead atoms. The zero-order valence-electron chi connectivity index (χ0n) is 22.6. The molecule has 0 amide bonds. The van der Waals surface area contributed by atoms with Gasteiger partial charge in [-0.1, -0.05) is 6.42 Å². The van der Waals surface area contributed by atoms with Gasteiger partial charge in [0.1, 0.15) is 0 Å². The van der Waals surface area contributed by atoms with Crippen molar-refractivity contribution >= 4 is 16.7 Å². The van der Waals surface area contributed by atoms with Gasteiger partial charge in [0.25, 0.3) is 0 Å². The Bertz CT molecular complexity index is 1290. The number of hydrogen-bond donors (Lipinski definition) is 0. The van der Waals surface area contributed by atoms with Gasteiger partial charge in [0, 0.05) is 61.6 Å². The number of anilines is 1. The Balaban J connectivity index is 1.11. The second-order valence-electron chi connectivity index (χ2n) is 12.5. The molecular weight excluding hydrogens is 446 g/mol. The molecule has 0 radical (unpaired) electrons. The molecule has 3 aromatic rings. The van der Waals surface area contributed by atoms with Gasteiger partial charge in [-0.3, -0.25) is 14.3 Å². The minimum absolute atomic E-state index is 0.454. The van der Waals surface area contributed by atoms with Crippen molar-refractivity contribution in [1.29, 1.82) is 0 Å². The number of rotatable bonds is 5. The Labute approximate surface area is 214 Å². The molecule has 36 heavy (non-hydrogen) atoms. The first-order valence-electron chi connectivity index (χ1n) is 14.2. The molecule has 0 aromatic carbocycles. The van der Waals surface area contributed by atoms with Crippen molar-refractivity contribution in [2.24, 2.45) is 12.5 Å². The molecule has 1 aliphatic heterocycles. The summed E-state index contributed by atoms with van der Waals surface area (Å²) in [4.78, 5) is 10.1. The lowest BCUT2D eigenvalue weighted by Crippen LogP contribution is -2.60. The predicted molar refractivity (Wildman–Crippen MR) is 143 cm³/mol. The van der Waals surface area contributed by atoms with Gasteiger partial charge < -0.3 is 4.90 Å². The third kappa shape index (κ3) is 3.37. The molecule has 0 saturated heterocycles. The van der Waals surface area contributed by atoms with E-state index < -0.39 is 0 Å². The lowest BCUT2D eigenvalue weighted by atomic mass is 9.56. The number of fused-ring (bicyclic) bond motifs is 5. The van der Waals surface area contributed by atoms with Crippen LogP contribution in [-0.2, 0) is 26.6 Å². The monoisotopic (exact) mass is 487 g/mol. The predicted octanol–water partition coefficient (Wildman–Crippen LogP) is 4.92. The van der Waals surface area contributed by atoms with Crippen molar-refractivity contribution in [1.82, 2.24) is 29.4 Å². The number of aromatic nitrogens is 5. The molecule has 0 atom stereocenters. The van der Waals surface area contributed by atoms with Crippen LogP contribution in [0, 0.1) is 19.3 Å². The Morgan fingerprint density at radius 2 is 1.83 bits per heavy atom. The summed E-state index contributed by atoms with van der Waals surface area (Å²) in [6, 6.07) is 3.08. The summed E-state index contributed by atoms with van der Waals surface area (Å²) in [5, 5.41) is 10.8. The summed E-state index contributed by atoms with van der Waals surface area (Å²) in [7, 11) is 4.41. The van der Waals surface area contributed by atoms with Gasteiger partial charge >= 0.3 is 0 Å². The Morgan fingerprint density at radius 3 is 2.53 bits per heavy atom. The van der Waals surface area contributed by atoms with Crippen LogP contribution in [0.25, 0.3) is 11.0 Å². The van der Waals surface area contributed by atoms with Crippen molar-refractivity contribution < 1.29 is 0 Å². The van der Waals surface area contributed by atoms with Crippen LogP contribution in [-0.4, -0.2) is 54.6 Å². The van der Waals surface area contributed by atoms with Gasteiger partial charge in [-0.05, 0) is 83.7 Å². The first-order valence-corrected chi connectivity index (χ1v) is 14.2. The quantitative estimate of drug-likeness (QED) is 0.511. The number of pyridine rings is 1. The highest BCUT2D eigenvalue weighted by Crippen LogP contribution is 2.56. The smallest absolute Gasteiger partial charge is 0.159 e. The van der Waals surface area contributed by atoms with Gasteiger partial charge in [-0.2, -0.15) is 10.2 Å². The van der Waals surface area contributed by atoms with E-state index in [1.54, 1.807) is 0 Å². The topological polar surface area (TPSA) is 55.0 Å². The van der Waals surface area contributed by atoms with E-state index in [4.69, 9.17) is 10.1 Å². The van der Waals surface area contributed by atoms with E-state index in [9.17, 15) is 0 Å². The van der Waals surface area contributed by atoms with Crippen molar-refractivity contribution in [2.75, 3.05) is 18.5 Å². The van der Waals surface area contributed by atoms with Gasteiger partial charge in [0.05, 0.1) is 23.0 Å². The fourth-order valence-electron chi connectivity index (χ4n) is 7.97. The average Bonchev–Trinajstić information content (AvgIpc) is 3.37. The molecule has 7 heteroatoms. The van der Waals surface area contributed by atoms with E-state index in [-0.39, 0.29) is 0 Å². The van der Waals surface area contributed by atoms with E-state index in [1.165, 1.54) is 80.4 Å². The van der Waals surface area contributed by atoms with Crippen LogP contribution in [0.15, 0.2) is 12.3 Å². The van der Waals surface area contributed by atoms with Crippen molar-refractivity contribution in [3.8, 4) is 0 Å². The number of aryl methyl sites for hydroxylation is 3. The molecule has 5 aliphatic rings. The molecule has 0 unspecified atom stereocenters. The molecular formula is C29H41N7. The van der Waals surface area contributed by atoms with Gasteiger partial charge in [0.2, 0.25) is 0 Å². The second kappa shape index (κ2) is 8.04. The van der Waals surface area contributed by atoms with Gasteiger partial charge in [0.15, 0.2) is 5.65 Å². The molecule has 4 fully saturated rings. The summed E-state index contributed by atoms with van der Waals surface area (Å²) in [6.45, 7) is 7.37. The maximum Gasteiger partial charge on any atom is 0.159 e. The summed E-state index contributed by atoms with van der Waals surface area (Å²) in [5.41, 5.74) is 8.36. The number of nitrogens with zero attached hydrogens (tertiary/aromatic N) is 7. The third-order valence-electron chi connectivity index (χ3n) is 10.7. The van der Waals surface area contributed by atoms with Gasteiger partial charge in [-0.25, -0.2) is 4.98 Å². The Kier molecular flexibility index (Phi) is 5.09. The maximum absolute atomic E-state index is 5.16. The lowest BCUT2D eigenvalue weighted by molar-refractivity contribution is -0.0802. The molecule has 0 spiro atoms. The van der Waals surface area contributed by atoms with Crippen molar-refractivity contribution in [3.63, 3.8) is 0 Å². The number of hydrogen-bond acceptors (Lipinski definition) is 5. The highest BCUT2D eigenvalue weighted by molar-refractivity contribution is 5.89. The van der Waals surface area contributed by atoms with E-state index in [1.807, 2.05) is 17.9 Å². The zero-order chi connectivity index (χ0) is 24.7. The van der Waals surface area contributed by atoms with Crippen molar-refractivity contribution in [2.45, 2.75) is 103 Å². The van der Waals surface area contributed by atoms with Crippen LogP contribution in [0.4, 0.5) is 5.69 Å². The molecule has 4 aliphatic carbocycles. The highest BCUT2D eigenvalue weighted by atomic mass is 15.3. The summed E-state index contributed by atoms with van der Waals surface area (Å²) in [5.74, 6) is 0. The summed E-state index contributed by atoms with van der Waals surface area (Å²) >= 11 is 0. The lowest BCUT2D eigenvalue weighted by Gasteiger charge is -2.59. The van der Waals surface area contributed by atoms with Crippen LogP contribution >= 0.6 is 0 Å². The van der Waals surface area contributed by atoms with E-state index >= 15 is 0 Å². The first kappa shape index (κ1) is 22.8. The fraction of sp³-hybridized carbons (Fsp3) is 0.690. The molecule has 4 heterocycles. The molecule has 4 saturated carbocycles. The van der Waals surface area contributed by atoms with E-state index in [2.05, 4.69) is 46.5 Å². The molecule has 0 N–H and O–H groups in total. The summed E-state index contributed by atoms with van der Waals surface area (Å²) in [6.07, 6.45) is 15.6. The van der Waals surface area contributed by atoms with E-state index in [0.717, 1.165) is 48.8 Å². The normalized spacial score (nSPS) is 28.2. The standard InChI is InChI=1S/C29H41N7/c1-20-16-26(23-17-30-34(4)27(23)31-20)35-15-8-25-24(18-35)21(2)32-36(25)19-28-9-12-29(13-10-28,14-11-28)33(3)22-6-5-7-22/h16-17,22H,5-15,18-19H2,1-4H3. The highest BCUT2D eigenvalue weighted by Gasteiger charge is 2.52. The van der Waals surface area contributed by atoms with Crippen LogP contribution < -0.4 is 4.90 Å². The molecule has 192 valence electrons. The first-order chi connectivity index (χ1) is 17.4. The fourth-order valence-corrected chi connectivity index (χ4v) is 7.97. The molecule has 7 nitrogen and oxygen atoms in total.